The summed E-state index contributed by atoms with van der Waals surface area (Å²) in [5.41, 5.74) is 12.1. The number of aromatic amines is 2. The Morgan fingerprint density at radius 1 is 0.439 bits per heavy atom. The molecule has 8 nitrogen and oxygen atoms in total. The number of aromatic nitrogens is 8. The minimum Gasteiger partial charge on any atom is -0.353 e. The molecule has 9 rings (SSSR count). The number of nitrogens with zero attached hydrogens (tertiary/aromatic N) is 6. The van der Waals surface area contributed by atoms with Crippen molar-refractivity contribution in [2.75, 3.05) is 0 Å². The van der Waals surface area contributed by atoms with Crippen molar-refractivity contribution in [1.29, 1.82) is 0 Å². The largest absolute Gasteiger partial charge is 0.353 e. The first-order valence-corrected chi connectivity index (χ1v) is 13.0. The molecule has 8 bridgehead atoms. The molecule has 2 N–H and O–H groups in total. The number of hydrogen-bond donors (Lipinski definition) is 2. The van der Waals surface area contributed by atoms with Gasteiger partial charge >= 0.3 is 0 Å². The monoisotopic (exact) mass is 569 g/mol. The van der Waals surface area contributed by atoms with E-state index in [2.05, 4.69) is 34.2 Å². The number of hydrogen-bond acceptors (Lipinski definition) is 6. The first-order valence-electron chi connectivity index (χ1n) is 13.0. The Bertz CT molecular complexity index is 2030. The summed E-state index contributed by atoms with van der Waals surface area (Å²) in [6.07, 6.45) is 7.22. The van der Waals surface area contributed by atoms with Gasteiger partial charge in [-0.25, -0.2) is 9.97 Å². The maximum absolute atomic E-state index is 5.05. The van der Waals surface area contributed by atoms with Crippen molar-refractivity contribution in [3.05, 3.63) is 97.6 Å². The molecule has 0 saturated heterocycles. The van der Waals surface area contributed by atoms with Gasteiger partial charge < -0.3 is 9.97 Å². The molecule has 193 valence electrons. The molecule has 0 unspecified atom stereocenters. The summed E-state index contributed by atoms with van der Waals surface area (Å²) in [5, 5.41) is 2.00. The van der Waals surface area contributed by atoms with Crippen molar-refractivity contribution >= 4 is 43.9 Å². The maximum Gasteiger partial charge on any atom is 0.0981 e. The zero-order valence-electron chi connectivity index (χ0n) is 21.3. The van der Waals surface area contributed by atoms with E-state index in [1.807, 2.05) is 60.9 Å². The minimum atomic E-state index is 0. The standard InChI is InChI=1S/C32H18N8.Mn/c1-5-17-21-13-26-30-19(7-3-10-34-30)23(38-26)15-28-32-20(8-4-12-36-32)24(40-28)16-27-31-18(6-2-11-35-31)22(39-27)14-25(37-21)29(17)33-9-1;/h1-16,37,40H;. The number of nitrogens with one attached hydrogen (secondary N) is 2. The predicted octanol–water partition coefficient (Wildman–Crippen LogP) is 6.87. The quantitative estimate of drug-likeness (QED) is 0.193. The molecular weight excluding hydrogens is 551 g/mol. The Labute approximate surface area is 243 Å². The fourth-order valence-electron chi connectivity index (χ4n) is 5.74. The van der Waals surface area contributed by atoms with Crippen molar-refractivity contribution < 1.29 is 17.1 Å². The Kier molecular flexibility index (Phi) is 5.12. The van der Waals surface area contributed by atoms with Crippen LogP contribution in [-0.2, 0) is 17.1 Å². The average molecular weight is 569 g/mol. The second kappa shape index (κ2) is 8.89. The molecule has 0 aromatic carbocycles. The first kappa shape index (κ1) is 23.6. The van der Waals surface area contributed by atoms with Gasteiger partial charge in [0.15, 0.2) is 0 Å². The van der Waals surface area contributed by atoms with Gasteiger partial charge in [0.1, 0.15) is 0 Å². The van der Waals surface area contributed by atoms with E-state index in [0.717, 1.165) is 89.2 Å². The summed E-state index contributed by atoms with van der Waals surface area (Å²) in [6.45, 7) is 0. The van der Waals surface area contributed by atoms with E-state index >= 15 is 0 Å². The Morgan fingerprint density at radius 3 is 1.34 bits per heavy atom. The molecule has 0 saturated carbocycles. The van der Waals surface area contributed by atoms with Crippen LogP contribution in [-0.4, -0.2) is 39.9 Å². The molecule has 0 spiro atoms. The summed E-state index contributed by atoms with van der Waals surface area (Å²) >= 11 is 0. The number of fused-ring (bicyclic) bond motifs is 20. The van der Waals surface area contributed by atoms with E-state index in [9.17, 15) is 0 Å². The van der Waals surface area contributed by atoms with Crippen LogP contribution in [0.4, 0.5) is 0 Å². The van der Waals surface area contributed by atoms with Gasteiger partial charge in [-0.2, -0.15) is 0 Å². The van der Waals surface area contributed by atoms with Crippen molar-refractivity contribution in [1.82, 2.24) is 39.9 Å². The van der Waals surface area contributed by atoms with Crippen LogP contribution in [0.15, 0.2) is 97.6 Å². The molecule has 0 atom stereocenters. The molecular formula is C32H18MnN8. The number of pyridine rings is 4. The van der Waals surface area contributed by atoms with E-state index in [1.165, 1.54) is 0 Å². The zero-order chi connectivity index (χ0) is 26.2. The molecule has 7 aromatic rings. The molecule has 7 aromatic heterocycles. The van der Waals surface area contributed by atoms with Crippen LogP contribution in [0.2, 0.25) is 0 Å². The number of rotatable bonds is 0. The van der Waals surface area contributed by atoms with E-state index in [0.29, 0.717) is 0 Å². The van der Waals surface area contributed by atoms with Gasteiger partial charge in [-0.3, -0.25) is 19.9 Å². The molecule has 9 heteroatoms. The van der Waals surface area contributed by atoms with Gasteiger partial charge in [0, 0.05) is 63.8 Å². The van der Waals surface area contributed by atoms with Crippen LogP contribution in [0, 0.1) is 0 Å². The smallest absolute Gasteiger partial charge is 0.0981 e. The van der Waals surface area contributed by atoms with Gasteiger partial charge in [0.05, 0.1) is 67.3 Å². The van der Waals surface area contributed by atoms with Gasteiger partial charge in [-0.1, -0.05) is 0 Å². The topological polar surface area (TPSA) is 109 Å². The Morgan fingerprint density at radius 2 is 0.854 bits per heavy atom. The van der Waals surface area contributed by atoms with Crippen LogP contribution < -0.4 is 0 Å². The number of H-pyrrole nitrogens is 2. The Balaban J connectivity index is 0.00000256. The second-order valence-electron chi connectivity index (χ2n) is 9.84. The van der Waals surface area contributed by atoms with Gasteiger partial charge in [0.25, 0.3) is 0 Å². The summed E-state index contributed by atoms with van der Waals surface area (Å²) in [7, 11) is 0. The molecule has 41 heavy (non-hydrogen) atoms. The average Bonchev–Trinajstić information content (AvgIpc) is 3.73. The third-order valence-corrected chi connectivity index (χ3v) is 7.50. The normalized spacial score (nSPS) is 11.7. The summed E-state index contributed by atoms with van der Waals surface area (Å²) in [5.74, 6) is 0. The molecule has 9 heterocycles. The van der Waals surface area contributed by atoms with Crippen LogP contribution in [0.3, 0.4) is 0 Å². The third kappa shape index (κ3) is 3.53. The second-order valence-corrected chi connectivity index (χ2v) is 9.84. The minimum absolute atomic E-state index is 0. The van der Waals surface area contributed by atoms with Crippen LogP contribution >= 0.6 is 0 Å². The fourth-order valence-corrected chi connectivity index (χ4v) is 5.74. The van der Waals surface area contributed by atoms with Crippen LogP contribution in [0.5, 0.6) is 0 Å². The molecule has 1 radical (unpaired) electrons. The molecule has 2 aliphatic heterocycles. The van der Waals surface area contributed by atoms with Gasteiger partial charge in [-0.15, -0.1) is 0 Å². The predicted molar refractivity (Wildman–Crippen MR) is 156 cm³/mol. The van der Waals surface area contributed by atoms with E-state index < -0.39 is 0 Å². The summed E-state index contributed by atoms with van der Waals surface area (Å²) < 4.78 is 0. The SMILES string of the molecule is [Mn].c1cnc2c(c1)-c1cc3[nH]c(cc4nc(cc5[nH]c(cc-2n1)c1cccnc51)-c1cccnc1-4)c1cccnc31. The summed E-state index contributed by atoms with van der Waals surface area (Å²) in [4.78, 5) is 36.1. The Hall–Kier alpha value is -5.24. The molecule has 0 fully saturated rings. The van der Waals surface area contributed by atoms with Crippen molar-refractivity contribution in [2.24, 2.45) is 0 Å². The summed E-state index contributed by atoms with van der Waals surface area (Å²) in [6, 6.07) is 24.2. The van der Waals surface area contributed by atoms with Crippen molar-refractivity contribution in [3.63, 3.8) is 0 Å². The van der Waals surface area contributed by atoms with E-state index in [1.54, 1.807) is 12.4 Å². The van der Waals surface area contributed by atoms with Gasteiger partial charge in [0.2, 0.25) is 0 Å². The van der Waals surface area contributed by atoms with Gasteiger partial charge in [-0.05, 0) is 72.8 Å². The molecule has 0 aliphatic carbocycles. The third-order valence-electron chi connectivity index (χ3n) is 7.50. The van der Waals surface area contributed by atoms with E-state index in [-0.39, 0.29) is 17.1 Å². The molecule has 0 amide bonds. The maximum atomic E-state index is 5.05. The first-order chi connectivity index (χ1) is 19.8. The van der Waals surface area contributed by atoms with Crippen molar-refractivity contribution in [2.45, 2.75) is 0 Å². The zero-order valence-corrected chi connectivity index (χ0v) is 22.5. The van der Waals surface area contributed by atoms with Crippen LogP contribution in [0.1, 0.15) is 0 Å². The molecule has 2 aliphatic rings. The van der Waals surface area contributed by atoms with Crippen LogP contribution in [0.25, 0.3) is 89.2 Å². The van der Waals surface area contributed by atoms with E-state index in [4.69, 9.17) is 29.9 Å². The fraction of sp³-hybridized carbons (Fsp3) is 0. The van der Waals surface area contributed by atoms with Crippen molar-refractivity contribution in [3.8, 4) is 45.3 Å².